The molecule has 52 heavy (non-hydrogen) atoms. The van der Waals surface area contributed by atoms with Crippen LogP contribution in [0.15, 0.2) is 35.4 Å². The van der Waals surface area contributed by atoms with Crippen LogP contribution < -0.4 is 15.4 Å². The number of hydrogen-bond donors (Lipinski definition) is 2. The van der Waals surface area contributed by atoms with Gasteiger partial charge in [-0.3, -0.25) is 38.3 Å². The number of esters is 1. The zero-order valence-corrected chi connectivity index (χ0v) is 30.2. The van der Waals surface area contributed by atoms with E-state index in [1.165, 1.54) is 30.0 Å². The maximum Gasteiger partial charge on any atom is 0.530 e. The first-order valence-corrected chi connectivity index (χ1v) is 18.3. The lowest BCUT2D eigenvalue weighted by molar-refractivity contribution is -0.180. The molecule has 2 saturated heterocycles. The second-order valence-corrected chi connectivity index (χ2v) is 14.1. The van der Waals surface area contributed by atoms with Gasteiger partial charge in [0.15, 0.2) is 23.7 Å². The van der Waals surface area contributed by atoms with E-state index >= 15 is 0 Å². The van der Waals surface area contributed by atoms with Crippen LogP contribution in [0.2, 0.25) is 5.02 Å². The number of rotatable bonds is 17. The second kappa shape index (κ2) is 17.5. The van der Waals surface area contributed by atoms with Gasteiger partial charge in [0.25, 0.3) is 5.56 Å². The van der Waals surface area contributed by atoms with Crippen LogP contribution >= 0.6 is 19.4 Å². The highest BCUT2D eigenvalue weighted by atomic mass is 35.5. The topological polar surface area (TPSA) is 232 Å². The molecule has 2 N–H and O–H groups in total. The van der Waals surface area contributed by atoms with Crippen molar-refractivity contribution in [2.75, 3.05) is 25.1 Å². The molecule has 3 aromatic rings. The molecule has 0 bridgehead atoms. The molecule has 5 rings (SSSR count). The first kappa shape index (κ1) is 39.0. The van der Waals surface area contributed by atoms with Crippen molar-refractivity contribution in [2.24, 2.45) is 5.92 Å². The minimum atomic E-state index is -4.70. The molecule has 280 valence electrons. The highest BCUT2D eigenvalue weighted by molar-refractivity contribution is 7.49. The summed E-state index contributed by atoms with van der Waals surface area (Å²) >= 11 is 6.31. The molecule has 1 aromatic carbocycles. The molecule has 2 aromatic heterocycles. The Hall–Kier alpha value is -4.21. The van der Waals surface area contributed by atoms with E-state index in [4.69, 9.17) is 49.4 Å². The molecule has 0 saturated carbocycles. The van der Waals surface area contributed by atoms with E-state index in [-0.39, 0.29) is 59.5 Å². The number of anilines is 1. The van der Waals surface area contributed by atoms with Crippen molar-refractivity contribution in [3.05, 3.63) is 46.0 Å². The van der Waals surface area contributed by atoms with Gasteiger partial charge in [0, 0.05) is 25.4 Å². The number of imidazole rings is 1. The lowest BCUT2D eigenvalue weighted by atomic mass is 10.1. The number of phosphoric ester groups is 1. The van der Waals surface area contributed by atoms with Gasteiger partial charge in [-0.2, -0.15) is 10.2 Å². The number of fused-ring (bicyclic) bond motifs is 1. The van der Waals surface area contributed by atoms with Crippen LogP contribution in [0.1, 0.15) is 59.1 Å². The number of benzene rings is 1. The summed E-state index contributed by atoms with van der Waals surface area (Å²) in [6, 6.07) is 8.04. The van der Waals surface area contributed by atoms with Crippen molar-refractivity contribution in [3.8, 4) is 11.8 Å². The molecule has 20 heteroatoms. The van der Waals surface area contributed by atoms with Crippen molar-refractivity contribution < 1.29 is 51.5 Å². The number of ketones is 1. The Morgan fingerprint density at radius 1 is 1.23 bits per heavy atom. The Balaban J connectivity index is 1.56. The quantitative estimate of drug-likeness (QED) is 0.111. The van der Waals surface area contributed by atoms with Gasteiger partial charge in [-0.15, -0.1) is 0 Å². The summed E-state index contributed by atoms with van der Waals surface area (Å²) in [6.45, 7) is 4.22. The fraction of sp³-hybridized carbons (Fsp3) is 0.531. The highest BCUT2D eigenvalue weighted by Crippen LogP contribution is 2.55. The summed E-state index contributed by atoms with van der Waals surface area (Å²) in [5, 5.41) is 11.8. The number of halogens is 1. The van der Waals surface area contributed by atoms with Crippen molar-refractivity contribution in [3.63, 3.8) is 0 Å². The fourth-order valence-corrected chi connectivity index (χ4v) is 6.85. The normalized spacial score (nSPS) is 22.6. The van der Waals surface area contributed by atoms with Gasteiger partial charge >= 0.3 is 13.8 Å². The molecular weight excluding hydrogens is 727 g/mol. The maximum atomic E-state index is 14.4. The SMILES string of the molecule is CC(=O)CCC(=O)OC[C@H]1O[C@@H](n2cnc3c(=O)[nH]c(NC(=O)C(C)C)nc32)[C@H](OC2CCCO2)[C@@H]1OP(=O)(OCCC#N)Oc1ccccc1Cl. The number of ether oxygens (including phenoxy) is 4. The number of carbonyl (C=O) groups is 3. The summed E-state index contributed by atoms with van der Waals surface area (Å²) in [5.74, 6) is -1.97. The van der Waals surface area contributed by atoms with Gasteiger partial charge in [0.2, 0.25) is 11.9 Å². The van der Waals surface area contributed by atoms with E-state index in [9.17, 15) is 23.7 Å². The van der Waals surface area contributed by atoms with Crippen molar-refractivity contribution in [1.82, 2.24) is 19.5 Å². The summed E-state index contributed by atoms with van der Waals surface area (Å²) in [6.07, 6.45) is -3.98. The zero-order chi connectivity index (χ0) is 37.4. The standard InChI is InChI=1S/C32H38ClN6O12P/c1-18(2)29(42)37-32-36-28-25(30(43)38-32)35-17-39(28)31-27(49-24-10-6-14-45-24)26(22(48-31)16-46-23(41)12-11-19(3)40)51-52(44,47-15-7-13-34)50-21-9-5-4-8-20(21)33/h4-5,8-9,17-18,22,24,26-27,31H,6-7,10-12,14-16H2,1-3H3,(H2,36,37,38,42,43)/t22-,24?,26-,27-,31-,52?/m1/s1. The summed E-state index contributed by atoms with van der Waals surface area (Å²) in [5.41, 5.74) is -0.789. The van der Waals surface area contributed by atoms with Crippen LogP contribution in [-0.4, -0.2) is 81.6 Å². The Labute approximate surface area is 302 Å². The maximum absolute atomic E-state index is 14.4. The van der Waals surface area contributed by atoms with E-state index in [1.807, 2.05) is 6.07 Å². The Bertz CT molecular complexity index is 1910. The zero-order valence-electron chi connectivity index (χ0n) is 28.5. The summed E-state index contributed by atoms with van der Waals surface area (Å²) in [4.78, 5) is 60.7. The predicted molar refractivity (Wildman–Crippen MR) is 181 cm³/mol. The van der Waals surface area contributed by atoms with Gasteiger partial charge in [-0.25, -0.2) is 9.55 Å². The first-order chi connectivity index (χ1) is 24.9. The summed E-state index contributed by atoms with van der Waals surface area (Å²) < 4.78 is 57.2. The number of nitrogens with one attached hydrogen (secondary N) is 2. The smallest absolute Gasteiger partial charge is 0.463 e. The number of hydrogen-bond acceptors (Lipinski definition) is 15. The van der Waals surface area contributed by atoms with Crippen LogP contribution in [-0.2, 0) is 46.9 Å². The highest BCUT2D eigenvalue weighted by Gasteiger charge is 2.53. The summed E-state index contributed by atoms with van der Waals surface area (Å²) in [7, 11) is -4.70. The van der Waals surface area contributed by atoms with Gasteiger partial charge in [0.1, 0.15) is 36.5 Å². The molecule has 0 radical (unpaired) electrons. The third-order valence-corrected chi connectivity index (χ3v) is 9.54. The molecule has 2 aliphatic rings. The number of carbonyl (C=O) groups excluding carboxylic acids is 3. The van der Waals surface area contributed by atoms with E-state index in [1.54, 1.807) is 26.0 Å². The number of aromatic nitrogens is 4. The van der Waals surface area contributed by atoms with Crippen LogP contribution in [0.5, 0.6) is 5.75 Å². The number of Topliss-reactive ketones (excluding diaryl/α,β-unsaturated/α-hetero) is 1. The van der Waals surface area contributed by atoms with Crippen molar-refractivity contribution in [1.29, 1.82) is 5.26 Å². The first-order valence-electron chi connectivity index (χ1n) is 16.5. The molecule has 2 aliphatic heterocycles. The molecule has 4 heterocycles. The molecule has 0 spiro atoms. The monoisotopic (exact) mass is 764 g/mol. The van der Waals surface area contributed by atoms with Crippen LogP contribution in [0, 0.1) is 17.2 Å². The average molecular weight is 765 g/mol. The van der Waals surface area contributed by atoms with Crippen molar-refractivity contribution >= 4 is 54.2 Å². The molecule has 18 nitrogen and oxygen atoms in total. The number of amides is 1. The van der Waals surface area contributed by atoms with Gasteiger partial charge < -0.3 is 28.3 Å². The molecule has 2 fully saturated rings. The van der Waals surface area contributed by atoms with E-state index < -0.39 is 68.6 Å². The average Bonchev–Trinajstić information content (AvgIpc) is 3.84. The Kier molecular flexibility index (Phi) is 13.2. The third-order valence-electron chi connectivity index (χ3n) is 7.81. The largest absolute Gasteiger partial charge is 0.530 e. The minimum absolute atomic E-state index is 0.0210. The fourth-order valence-electron chi connectivity index (χ4n) is 5.20. The van der Waals surface area contributed by atoms with Crippen LogP contribution in [0.25, 0.3) is 11.2 Å². The molecule has 6 atom stereocenters. The number of nitrogens with zero attached hydrogens (tertiary/aromatic N) is 4. The van der Waals surface area contributed by atoms with Crippen molar-refractivity contribution in [2.45, 2.75) is 83.7 Å². The number of aromatic amines is 1. The molecule has 1 amide bonds. The molecule has 0 aliphatic carbocycles. The number of para-hydroxylation sites is 1. The number of H-pyrrole nitrogens is 1. The van der Waals surface area contributed by atoms with Crippen LogP contribution in [0.4, 0.5) is 5.95 Å². The predicted octanol–water partition coefficient (Wildman–Crippen LogP) is 4.20. The van der Waals surface area contributed by atoms with E-state index in [0.717, 1.165) is 0 Å². The van der Waals surface area contributed by atoms with Crippen LogP contribution in [0.3, 0.4) is 0 Å². The lowest BCUT2D eigenvalue weighted by Crippen LogP contribution is -2.40. The second-order valence-electron chi connectivity index (χ2n) is 12.2. The molecular formula is C32H38ClN6O12P. The van der Waals surface area contributed by atoms with E-state index in [2.05, 4.69) is 20.3 Å². The van der Waals surface area contributed by atoms with Gasteiger partial charge in [-0.1, -0.05) is 37.6 Å². The number of phosphoric acid groups is 1. The van der Waals surface area contributed by atoms with E-state index in [0.29, 0.717) is 19.4 Å². The number of nitriles is 1. The Morgan fingerprint density at radius 2 is 2.02 bits per heavy atom. The molecule has 2 unspecified atom stereocenters. The lowest BCUT2D eigenvalue weighted by Gasteiger charge is -2.29. The minimum Gasteiger partial charge on any atom is -0.463 e. The third kappa shape index (κ3) is 9.81. The van der Waals surface area contributed by atoms with Gasteiger partial charge in [-0.05, 0) is 25.5 Å². The Morgan fingerprint density at radius 3 is 2.71 bits per heavy atom. The van der Waals surface area contributed by atoms with Gasteiger partial charge in [0.05, 0.1) is 36.9 Å².